The first-order valence-corrected chi connectivity index (χ1v) is 10.3. The quantitative estimate of drug-likeness (QED) is 0.301. The van der Waals surface area contributed by atoms with E-state index in [0.29, 0.717) is 5.41 Å². The molecule has 26 heavy (non-hydrogen) atoms. The van der Waals surface area contributed by atoms with Gasteiger partial charge in [-0.25, -0.2) is 0 Å². The second-order valence-electron chi connectivity index (χ2n) is 8.07. The predicted octanol–water partition coefficient (Wildman–Crippen LogP) is 3.63. The Balaban J connectivity index is 0.00000338. The molecule has 0 spiro atoms. The molecule has 0 amide bonds. The highest BCUT2D eigenvalue weighted by Gasteiger charge is 2.33. The van der Waals surface area contributed by atoms with Crippen molar-refractivity contribution in [3.05, 3.63) is 0 Å². The maximum atomic E-state index is 5.33. The van der Waals surface area contributed by atoms with Crippen molar-refractivity contribution in [3.8, 4) is 0 Å². The minimum Gasteiger partial charge on any atom is -0.385 e. The van der Waals surface area contributed by atoms with Crippen molar-refractivity contribution in [2.24, 2.45) is 10.4 Å². The van der Waals surface area contributed by atoms with Gasteiger partial charge in [-0.2, -0.15) is 0 Å². The Labute approximate surface area is 178 Å². The number of halogens is 1. The van der Waals surface area contributed by atoms with E-state index >= 15 is 0 Å². The summed E-state index contributed by atoms with van der Waals surface area (Å²) in [5.74, 6) is 0.945. The van der Waals surface area contributed by atoms with Crippen molar-refractivity contribution < 1.29 is 4.74 Å². The molecule has 0 aromatic carbocycles. The van der Waals surface area contributed by atoms with E-state index in [0.717, 1.165) is 44.7 Å². The molecule has 6 heteroatoms. The lowest BCUT2D eigenvalue weighted by Crippen LogP contribution is -2.46. The molecule has 0 radical (unpaired) electrons. The number of nitrogens with zero attached hydrogens (tertiary/aromatic N) is 2. The van der Waals surface area contributed by atoms with Crippen molar-refractivity contribution in [1.82, 2.24) is 15.5 Å². The molecular weight excluding hydrogens is 439 g/mol. The minimum atomic E-state index is 0. The van der Waals surface area contributed by atoms with Crippen LogP contribution in [-0.2, 0) is 4.74 Å². The van der Waals surface area contributed by atoms with Crippen molar-refractivity contribution >= 4 is 29.9 Å². The standard InChI is InChI=1S/C20H40N4O.HI/c1-21-19(22-14-15-24(2)18-9-5-4-6-10-18)23-17-20(13-16-25-3)11-7-8-12-20;/h18H,4-17H2,1-3H3,(H2,21,22,23);1H. The third-order valence-electron chi connectivity index (χ3n) is 6.31. The summed E-state index contributed by atoms with van der Waals surface area (Å²) in [7, 11) is 5.95. The Morgan fingerprint density at radius 1 is 1.12 bits per heavy atom. The second-order valence-corrected chi connectivity index (χ2v) is 8.07. The molecule has 0 bridgehead atoms. The van der Waals surface area contributed by atoms with E-state index in [1.165, 1.54) is 57.8 Å². The summed E-state index contributed by atoms with van der Waals surface area (Å²) in [4.78, 5) is 6.94. The van der Waals surface area contributed by atoms with Crippen molar-refractivity contribution in [2.75, 3.05) is 47.4 Å². The van der Waals surface area contributed by atoms with Crippen LogP contribution in [0.15, 0.2) is 4.99 Å². The molecule has 2 rings (SSSR count). The lowest BCUT2D eigenvalue weighted by molar-refractivity contribution is 0.138. The normalized spacial score (nSPS) is 20.8. The number of hydrogen-bond acceptors (Lipinski definition) is 3. The van der Waals surface area contributed by atoms with Crippen LogP contribution in [0.5, 0.6) is 0 Å². The third-order valence-corrected chi connectivity index (χ3v) is 6.31. The summed E-state index contributed by atoms with van der Waals surface area (Å²) in [5.41, 5.74) is 0.395. The minimum absolute atomic E-state index is 0. The van der Waals surface area contributed by atoms with Gasteiger partial charge >= 0.3 is 0 Å². The van der Waals surface area contributed by atoms with E-state index < -0.39 is 0 Å². The largest absolute Gasteiger partial charge is 0.385 e. The first kappa shape index (κ1) is 24.0. The fourth-order valence-electron chi connectivity index (χ4n) is 4.51. The van der Waals surface area contributed by atoms with Crippen LogP contribution in [0.3, 0.4) is 0 Å². The summed E-state index contributed by atoms with van der Waals surface area (Å²) >= 11 is 0. The van der Waals surface area contributed by atoms with Gasteiger partial charge < -0.3 is 20.3 Å². The van der Waals surface area contributed by atoms with Gasteiger partial charge in [-0.1, -0.05) is 32.1 Å². The van der Waals surface area contributed by atoms with Crippen molar-refractivity contribution in [2.45, 2.75) is 70.3 Å². The number of likely N-dealkylation sites (N-methyl/N-ethyl adjacent to an activating group) is 1. The van der Waals surface area contributed by atoms with Gasteiger partial charge in [0.2, 0.25) is 0 Å². The third kappa shape index (κ3) is 7.89. The van der Waals surface area contributed by atoms with E-state index in [-0.39, 0.29) is 24.0 Å². The van der Waals surface area contributed by atoms with Crippen LogP contribution in [-0.4, -0.2) is 64.3 Å². The number of aliphatic imine (C=N–C) groups is 1. The van der Waals surface area contributed by atoms with Gasteiger partial charge in [0.05, 0.1) is 0 Å². The van der Waals surface area contributed by atoms with Crippen LogP contribution in [0, 0.1) is 5.41 Å². The SMILES string of the molecule is CN=C(NCCN(C)C1CCCCC1)NCC1(CCOC)CCCC1.I. The lowest BCUT2D eigenvalue weighted by Gasteiger charge is -2.32. The summed E-state index contributed by atoms with van der Waals surface area (Å²) in [6, 6.07) is 0.779. The van der Waals surface area contributed by atoms with Gasteiger partial charge in [-0.3, -0.25) is 4.99 Å². The molecular formula is C20H41IN4O. The number of nitrogens with one attached hydrogen (secondary N) is 2. The van der Waals surface area contributed by atoms with Gasteiger partial charge in [0.1, 0.15) is 0 Å². The van der Waals surface area contributed by atoms with Crippen LogP contribution in [0.2, 0.25) is 0 Å². The van der Waals surface area contributed by atoms with Crippen LogP contribution in [0.4, 0.5) is 0 Å². The molecule has 2 aliphatic rings. The highest BCUT2D eigenvalue weighted by molar-refractivity contribution is 14.0. The van der Waals surface area contributed by atoms with E-state index in [1.807, 2.05) is 7.05 Å². The Morgan fingerprint density at radius 3 is 2.42 bits per heavy atom. The fourth-order valence-corrected chi connectivity index (χ4v) is 4.51. The van der Waals surface area contributed by atoms with Crippen molar-refractivity contribution in [1.29, 1.82) is 0 Å². The Morgan fingerprint density at radius 2 is 1.81 bits per heavy atom. The molecule has 2 N–H and O–H groups in total. The molecule has 0 unspecified atom stereocenters. The second kappa shape index (κ2) is 13.2. The first-order valence-electron chi connectivity index (χ1n) is 10.3. The lowest BCUT2D eigenvalue weighted by atomic mass is 9.83. The van der Waals surface area contributed by atoms with Crippen LogP contribution in [0.1, 0.15) is 64.2 Å². The van der Waals surface area contributed by atoms with Crippen molar-refractivity contribution in [3.63, 3.8) is 0 Å². The average Bonchev–Trinajstić information content (AvgIpc) is 3.12. The van der Waals surface area contributed by atoms with E-state index in [4.69, 9.17) is 4.74 Å². The van der Waals surface area contributed by atoms with Crippen LogP contribution in [0.25, 0.3) is 0 Å². The summed E-state index contributed by atoms with van der Waals surface area (Å²) in [6.07, 6.45) is 13.4. The molecule has 0 aromatic rings. The van der Waals surface area contributed by atoms with Gasteiger partial charge in [0.15, 0.2) is 5.96 Å². The zero-order valence-corrected chi connectivity index (χ0v) is 19.5. The smallest absolute Gasteiger partial charge is 0.191 e. The number of hydrogen-bond donors (Lipinski definition) is 2. The highest BCUT2D eigenvalue weighted by atomic mass is 127. The highest BCUT2D eigenvalue weighted by Crippen LogP contribution is 2.40. The monoisotopic (exact) mass is 480 g/mol. The van der Waals surface area contributed by atoms with E-state index in [2.05, 4.69) is 27.6 Å². The van der Waals surface area contributed by atoms with Crippen LogP contribution < -0.4 is 10.6 Å². The topological polar surface area (TPSA) is 48.9 Å². The molecule has 0 aliphatic heterocycles. The molecule has 5 nitrogen and oxygen atoms in total. The maximum Gasteiger partial charge on any atom is 0.191 e. The molecule has 0 aromatic heterocycles. The van der Waals surface area contributed by atoms with Gasteiger partial charge in [0.25, 0.3) is 0 Å². The number of ether oxygens (including phenoxy) is 1. The fraction of sp³-hybridized carbons (Fsp3) is 0.950. The Bertz CT molecular complexity index is 393. The summed E-state index contributed by atoms with van der Waals surface area (Å²) in [6.45, 7) is 3.91. The van der Waals surface area contributed by atoms with E-state index in [1.54, 1.807) is 7.11 Å². The number of methoxy groups -OCH3 is 1. The Hall–Kier alpha value is -0.0800. The van der Waals surface area contributed by atoms with Crippen LogP contribution >= 0.6 is 24.0 Å². The molecule has 0 atom stereocenters. The average molecular weight is 480 g/mol. The number of rotatable bonds is 9. The maximum absolute atomic E-state index is 5.33. The molecule has 2 fully saturated rings. The van der Waals surface area contributed by atoms with Gasteiger partial charge in [-0.15, -0.1) is 24.0 Å². The zero-order valence-electron chi connectivity index (χ0n) is 17.2. The molecule has 154 valence electrons. The number of guanidine groups is 1. The summed E-state index contributed by atoms with van der Waals surface area (Å²) in [5, 5.41) is 7.08. The van der Waals surface area contributed by atoms with E-state index in [9.17, 15) is 0 Å². The van der Waals surface area contributed by atoms with Gasteiger partial charge in [-0.05, 0) is 44.6 Å². The molecule has 0 heterocycles. The summed E-state index contributed by atoms with van der Waals surface area (Å²) < 4.78 is 5.33. The first-order chi connectivity index (χ1) is 12.2. The molecule has 2 aliphatic carbocycles. The van der Waals surface area contributed by atoms with Gasteiger partial charge in [0, 0.05) is 46.4 Å². The molecule has 0 saturated heterocycles. The Kier molecular flexibility index (Phi) is 12.1. The predicted molar refractivity (Wildman–Crippen MR) is 122 cm³/mol. The zero-order chi connectivity index (χ0) is 18.0. The molecule has 2 saturated carbocycles.